The molecule has 1 heterocycles. The third-order valence-electron chi connectivity index (χ3n) is 3.05. The van der Waals surface area contributed by atoms with E-state index in [-0.39, 0.29) is 18.6 Å². The molecular weight excluding hydrogens is 192 g/mol. The van der Waals surface area contributed by atoms with Gasteiger partial charge in [0, 0.05) is 19.7 Å². The van der Waals surface area contributed by atoms with Gasteiger partial charge in [-0.2, -0.15) is 0 Å². The van der Waals surface area contributed by atoms with Gasteiger partial charge in [-0.3, -0.25) is 4.79 Å². The summed E-state index contributed by atoms with van der Waals surface area (Å²) in [5.41, 5.74) is 5.79. The van der Waals surface area contributed by atoms with Crippen LogP contribution in [0.5, 0.6) is 0 Å². The fourth-order valence-electron chi connectivity index (χ4n) is 2.12. The van der Waals surface area contributed by atoms with Crippen LogP contribution in [0, 0.1) is 5.92 Å². The second-order valence-corrected chi connectivity index (χ2v) is 4.35. The Hall–Kier alpha value is -0.610. The summed E-state index contributed by atoms with van der Waals surface area (Å²) in [4.78, 5) is 13.7. The Labute approximate surface area is 91.4 Å². The summed E-state index contributed by atoms with van der Waals surface area (Å²) in [7, 11) is 0. The number of carbonyl (C=O) groups excluding carboxylic acids is 1. The molecule has 3 N–H and O–H groups in total. The number of nitrogens with zero attached hydrogens (tertiary/aromatic N) is 1. The standard InChI is InChI=1S/C11H22N2O2/c1-2-3-10(12)11(15)13-6-4-9(8-13)5-7-14/h9-10,14H,2-8,12H2,1H3/t9?,10-/m0/s1. The van der Waals surface area contributed by atoms with Gasteiger partial charge in [0.15, 0.2) is 0 Å². The zero-order chi connectivity index (χ0) is 11.3. The van der Waals surface area contributed by atoms with E-state index in [0.717, 1.165) is 38.8 Å². The first kappa shape index (κ1) is 12.5. The number of aliphatic hydroxyl groups is 1. The maximum atomic E-state index is 11.8. The van der Waals surface area contributed by atoms with Crippen molar-refractivity contribution in [3.63, 3.8) is 0 Å². The molecule has 0 aromatic carbocycles. The second-order valence-electron chi connectivity index (χ2n) is 4.35. The molecule has 1 amide bonds. The van der Waals surface area contributed by atoms with Crippen molar-refractivity contribution in [2.24, 2.45) is 11.7 Å². The van der Waals surface area contributed by atoms with E-state index < -0.39 is 0 Å². The van der Waals surface area contributed by atoms with Gasteiger partial charge in [-0.25, -0.2) is 0 Å². The third-order valence-corrected chi connectivity index (χ3v) is 3.05. The van der Waals surface area contributed by atoms with Crippen LogP contribution in [0.15, 0.2) is 0 Å². The molecule has 0 bridgehead atoms. The Bertz CT molecular complexity index is 209. The molecule has 0 aromatic heterocycles. The number of carbonyl (C=O) groups is 1. The molecule has 4 nitrogen and oxygen atoms in total. The largest absolute Gasteiger partial charge is 0.396 e. The van der Waals surface area contributed by atoms with Crippen molar-refractivity contribution in [3.05, 3.63) is 0 Å². The molecule has 0 saturated carbocycles. The first-order valence-corrected chi connectivity index (χ1v) is 5.84. The maximum Gasteiger partial charge on any atom is 0.239 e. The minimum Gasteiger partial charge on any atom is -0.396 e. The zero-order valence-electron chi connectivity index (χ0n) is 9.48. The molecule has 1 aliphatic heterocycles. The molecule has 1 saturated heterocycles. The highest BCUT2D eigenvalue weighted by molar-refractivity contribution is 5.81. The summed E-state index contributed by atoms with van der Waals surface area (Å²) in [5.74, 6) is 0.546. The minimum absolute atomic E-state index is 0.0808. The van der Waals surface area contributed by atoms with Crippen LogP contribution in [0.4, 0.5) is 0 Å². The molecule has 0 aliphatic carbocycles. The van der Waals surface area contributed by atoms with E-state index in [1.807, 2.05) is 11.8 Å². The highest BCUT2D eigenvalue weighted by atomic mass is 16.3. The van der Waals surface area contributed by atoms with Gasteiger partial charge in [0.2, 0.25) is 5.91 Å². The van der Waals surface area contributed by atoms with Crippen molar-refractivity contribution >= 4 is 5.91 Å². The lowest BCUT2D eigenvalue weighted by molar-refractivity contribution is -0.131. The summed E-state index contributed by atoms with van der Waals surface area (Å²) in [6.07, 6.45) is 3.51. The van der Waals surface area contributed by atoms with E-state index in [1.54, 1.807) is 0 Å². The lowest BCUT2D eigenvalue weighted by atomic mass is 10.1. The smallest absolute Gasteiger partial charge is 0.239 e. The summed E-state index contributed by atoms with van der Waals surface area (Å²) in [6.45, 7) is 3.83. The van der Waals surface area contributed by atoms with E-state index in [0.29, 0.717) is 5.92 Å². The van der Waals surface area contributed by atoms with Gasteiger partial charge in [0.25, 0.3) is 0 Å². The first-order chi connectivity index (χ1) is 7.19. The average Bonchev–Trinajstić information content (AvgIpc) is 2.66. The Balaban J connectivity index is 2.35. The Morgan fingerprint density at radius 3 is 3.00 bits per heavy atom. The molecule has 0 spiro atoms. The quantitative estimate of drug-likeness (QED) is 0.693. The van der Waals surface area contributed by atoms with Crippen molar-refractivity contribution in [1.29, 1.82) is 0 Å². The molecule has 1 rings (SSSR count). The van der Waals surface area contributed by atoms with Crippen LogP contribution in [-0.2, 0) is 4.79 Å². The lowest BCUT2D eigenvalue weighted by Gasteiger charge is -2.20. The molecule has 1 unspecified atom stereocenters. The number of hydrogen-bond donors (Lipinski definition) is 2. The number of hydrogen-bond acceptors (Lipinski definition) is 3. The van der Waals surface area contributed by atoms with E-state index in [9.17, 15) is 4.79 Å². The van der Waals surface area contributed by atoms with Crippen molar-refractivity contribution in [3.8, 4) is 0 Å². The summed E-state index contributed by atoms with van der Waals surface area (Å²) >= 11 is 0. The minimum atomic E-state index is -0.331. The van der Waals surface area contributed by atoms with E-state index in [1.165, 1.54) is 0 Å². The average molecular weight is 214 g/mol. The van der Waals surface area contributed by atoms with Gasteiger partial charge in [0.1, 0.15) is 0 Å². The molecule has 1 aliphatic rings. The predicted octanol–water partition coefficient (Wildman–Crippen LogP) is 0.345. The van der Waals surface area contributed by atoms with E-state index in [4.69, 9.17) is 10.8 Å². The summed E-state index contributed by atoms with van der Waals surface area (Å²) in [6, 6.07) is -0.331. The van der Waals surface area contributed by atoms with E-state index >= 15 is 0 Å². The van der Waals surface area contributed by atoms with Gasteiger partial charge in [0.05, 0.1) is 6.04 Å². The fraction of sp³-hybridized carbons (Fsp3) is 0.909. The van der Waals surface area contributed by atoms with Crippen LogP contribution in [0.25, 0.3) is 0 Å². The monoisotopic (exact) mass is 214 g/mol. The van der Waals surface area contributed by atoms with Crippen molar-refractivity contribution in [2.75, 3.05) is 19.7 Å². The molecule has 2 atom stereocenters. The zero-order valence-corrected chi connectivity index (χ0v) is 9.48. The van der Waals surface area contributed by atoms with Gasteiger partial charge in [-0.15, -0.1) is 0 Å². The van der Waals surface area contributed by atoms with Crippen molar-refractivity contribution in [1.82, 2.24) is 4.90 Å². The van der Waals surface area contributed by atoms with E-state index in [2.05, 4.69) is 0 Å². The normalized spacial score (nSPS) is 23.1. The number of rotatable bonds is 5. The molecular formula is C11H22N2O2. The topological polar surface area (TPSA) is 66.6 Å². The van der Waals surface area contributed by atoms with Crippen LogP contribution >= 0.6 is 0 Å². The third kappa shape index (κ3) is 3.47. The molecule has 4 heteroatoms. The maximum absolute atomic E-state index is 11.8. The Kier molecular flexibility index (Phi) is 5.05. The van der Waals surface area contributed by atoms with Crippen LogP contribution < -0.4 is 5.73 Å². The number of amides is 1. The fourth-order valence-corrected chi connectivity index (χ4v) is 2.12. The molecule has 88 valence electrons. The number of likely N-dealkylation sites (tertiary alicyclic amines) is 1. The lowest BCUT2D eigenvalue weighted by Crippen LogP contribution is -2.42. The van der Waals surface area contributed by atoms with Crippen LogP contribution in [0.1, 0.15) is 32.6 Å². The predicted molar refractivity (Wildman–Crippen MR) is 59.3 cm³/mol. The van der Waals surface area contributed by atoms with Crippen LogP contribution in [-0.4, -0.2) is 41.7 Å². The van der Waals surface area contributed by atoms with Gasteiger partial charge in [-0.1, -0.05) is 13.3 Å². The highest BCUT2D eigenvalue weighted by Crippen LogP contribution is 2.19. The summed E-state index contributed by atoms with van der Waals surface area (Å²) in [5, 5.41) is 8.82. The van der Waals surface area contributed by atoms with Crippen molar-refractivity contribution in [2.45, 2.75) is 38.6 Å². The molecule has 1 fully saturated rings. The first-order valence-electron chi connectivity index (χ1n) is 5.84. The second kappa shape index (κ2) is 6.08. The van der Waals surface area contributed by atoms with Crippen LogP contribution in [0.3, 0.4) is 0 Å². The molecule has 0 radical (unpaired) electrons. The van der Waals surface area contributed by atoms with Gasteiger partial charge >= 0.3 is 0 Å². The Morgan fingerprint density at radius 1 is 1.67 bits per heavy atom. The van der Waals surface area contributed by atoms with Gasteiger partial charge < -0.3 is 15.7 Å². The molecule has 0 aromatic rings. The van der Waals surface area contributed by atoms with Gasteiger partial charge in [-0.05, 0) is 25.2 Å². The Morgan fingerprint density at radius 2 is 2.40 bits per heavy atom. The SMILES string of the molecule is CCC[C@H](N)C(=O)N1CCC(CCO)C1. The number of nitrogens with two attached hydrogens (primary N) is 1. The molecule has 15 heavy (non-hydrogen) atoms. The number of aliphatic hydroxyl groups excluding tert-OH is 1. The van der Waals surface area contributed by atoms with Crippen LogP contribution in [0.2, 0.25) is 0 Å². The van der Waals surface area contributed by atoms with Crippen molar-refractivity contribution < 1.29 is 9.90 Å². The highest BCUT2D eigenvalue weighted by Gasteiger charge is 2.28. The summed E-state index contributed by atoms with van der Waals surface area (Å²) < 4.78 is 0.